The van der Waals surface area contributed by atoms with Gasteiger partial charge in [-0.1, -0.05) is 5.16 Å². The maximum Gasteiger partial charge on any atom is 0.223 e. The van der Waals surface area contributed by atoms with Gasteiger partial charge in [0.15, 0.2) is 5.82 Å². The smallest absolute Gasteiger partial charge is 0.223 e. The summed E-state index contributed by atoms with van der Waals surface area (Å²) in [6, 6.07) is 1.83. The third-order valence-corrected chi connectivity index (χ3v) is 1.61. The molecule has 0 amide bonds. The van der Waals surface area contributed by atoms with Crippen molar-refractivity contribution >= 4 is 5.95 Å². The molecule has 14 heavy (non-hydrogen) atoms. The van der Waals surface area contributed by atoms with Crippen LogP contribution in [0.3, 0.4) is 0 Å². The lowest BCUT2D eigenvalue weighted by Gasteiger charge is -2.00. The lowest BCUT2D eigenvalue weighted by atomic mass is 10.5. The maximum atomic E-state index is 4.58. The van der Waals surface area contributed by atoms with Gasteiger partial charge in [0.05, 0.1) is 6.54 Å². The van der Waals surface area contributed by atoms with Gasteiger partial charge in [-0.05, 0) is 13.0 Å². The molecule has 0 fully saturated rings. The fourth-order valence-corrected chi connectivity index (χ4v) is 0.963. The van der Waals surface area contributed by atoms with E-state index in [1.807, 2.05) is 13.0 Å². The van der Waals surface area contributed by atoms with Crippen LogP contribution >= 0.6 is 0 Å². The summed E-state index contributed by atoms with van der Waals surface area (Å²) in [5.41, 5.74) is 0.913. The molecule has 72 valence electrons. The minimum Gasteiger partial charge on any atom is -0.347 e. The number of aromatic nitrogens is 4. The first kappa shape index (κ1) is 8.61. The summed E-state index contributed by atoms with van der Waals surface area (Å²) >= 11 is 0. The first-order valence-corrected chi connectivity index (χ1v) is 4.13. The summed E-state index contributed by atoms with van der Waals surface area (Å²) in [4.78, 5) is 12.1. The lowest BCUT2D eigenvalue weighted by molar-refractivity contribution is 0.411. The maximum absolute atomic E-state index is 4.58. The number of anilines is 1. The predicted molar refractivity (Wildman–Crippen MR) is 48.4 cm³/mol. The Balaban J connectivity index is 1.98. The van der Waals surface area contributed by atoms with E-state index in [4.69, 9.17) is 0 Å². The zero-order valence-corrected chi connectivity index (χ0v) is 7.64. The molecule has 0 saturated heterocycles. The van der Waals surface area contributed by atoms with Crippen molar-refractivity contribution in [1.29, 1.82) is 0 Å². The van der Waals surface area contributed by atoms with Crippen LogP contribution in [0, 0.1) is 6.92 Å². The number of hydrogen-bond acceptors (Lipinski definition) is 6. The number of nitrogens with one attached hydrogen (secondary N) is 1. The Bertz CT molecular complexity index is 400. The van der Waals surface area contributed by atoms with Gasteiger partial charge in [-0.2, -0.15) is 4.98 Å². The molecule has 2 heterocycles. The molecule has 0 atom stereocenters. The third-order valence-electron chi connectivity index (χ3n) is 1.61. The van der Waals surface area contributed by atoms with Gasteiger partial charge in [0, 0.05) is 11.9 Å². The van der Waals surface area contributed by atoms with Gasteiger partial charge in [0.1, 0.15) is 0 Å². The number of aryl methyl sites for hydroxylation is 1. The van der Waals surface area contributed by atoms with E-state index in [1.165, 1.54) is 6.39 Å². The fourth-order valence-electron chi connectivity index (χ4n) is 0.963. The molecular formula is C8H9N5O. The number of nitrogens with zero attached hydrogens (tertiary/aromatic N) is 4. The highest BCUT2D eigenvalue weighted by molar-refractivity contribution is 5.24. The van der Waals surface area contributed by atoms with E-state index < -0.39 is 0 Å². The second-order valence-electron chi connectivity index (χ2n) is 2.72. The van der Waals surface area contributed by atoms with Crippen molar-refractivity contribution in [3.8, 4) is 0 Å². The molecule has 6 nitrogen and oxygen atoms in total. The normalized spacial score (nSPS) is 10.1. The Morgan fingerprint density at radius 2 is 2.36 bits per heavy atom. The molecule has 0 spiro atoms. The molecule has 0 aliphatic heterocycles. The zero-order valence-electron chi connectivity index (χ0n) is 7.64. The molecule has 0 aliphatic rings. The molecule has 0 aliphatic carbocycles. The summed E-state index contributed by atoms with van der Waals surface area (Å²) < 4.78 is 4.58. The van der Waals surface area contributed by atoms with Gasteiger partial charge >= 0.3 is 0 Å². The SMILES string of the molecule is Cc1ccnc(NCc2ncon2)n1. The summed E-state index contributed by atoms with van der Waals surface area (Å²) in [6.07, 6.45) is 2.98. The van der Waals surface area contributed by atoms with E-state index in [0.717, 1.165) is 5.69 Å². The highest BCUT2D eigenvalue weighted by Gasteiger charge is 1.99. The summed E-state index contributed by atoms with van der Waals surface area (Å²) in [7, 11) is 0. The van der Waals surface area contributed by atoms with Crippen LogP contribution < -0.4 is 5.32 Å². The lowest BCUT2D eigenvalue weighted by Crippen LogP contribution is -2.04. The van der Waals surface area contributed by atoms with Crippen molar-refractivity contribution in [2.75, 3.05) is 5.32 Å². The largest absolute Gasteiger partial charge is 0.347 e. The van der Waals surface area contributed by atoms with E-state index in [-0.39, 0.29) is 0 Å². The van der Waals surface area contributed by atoms with Crippen LogP contribution in [0.5, 0.6) is 0 Å². The van der Waals surface area contributed by atoms with E-state index in [2.05, 4.69) is 29.9 Å². The van der Waals surface area contributed by atoms with Gasteiger partial charge in [-0.3, -0.25) is 0 Å². The molecule has 0 unspecified atom stereocenters. The van der Waals surface area contributed by atoms with Gasteiger partial charge in [-0.25, -0.2) is 9.97 Å². The van der Waals surface area contributed by atoms with Crippen LogP contribution in [0.1, 0.15) is 11.5 Å². The topological polar surface area (TPSA) is 76.7 Å². The van der Waals surface area contributed by atoms with Crippen molar-refractivity contribution in [3.63, 3.8) is 0 Å². The molecule has 2 aromatic heterocycles. The highest BCUT2D eigenvalue weighted by atomic mass is 16.5. The van der Waals surface area contributed by atoms with Crippen LogP contribution in [-0.4, -0.2) is 20.1 Å². The molecule has 0 radical (unpaired) electrons. The molecule has 2 aromatic rings. The van der Waals surface area contributed by atoms with Crippen LogP contribution in [0.15, 0.2) is 23.2 Å². The predicted octanol–water partition coefficient (Wildman–Crippen LogP) is 0.780. The average molecular weight is 191 g/mol. The molecule has 2 rings (SSSR count). The van der Waals surface area contributed by atoms with E-state index in [1.54, 1.807) is 6.20 Å². The second-order valence-corrected chi connectivity index (χ2v) is 2.72. The Kier molecular flexibility index (Phi) is 2.35. The highest BCUT2D eigenvalue weighted by Crippen LogP contribution is 2.00. The Morgan fingerprint density at radius 1 is 1.43 bits per heavy atom. The van der Waals surface area contributed by atoms with Crippen molar-refractivity contribution in [2.24, 2.45) is 0 Å². The summed E-state index contributed by atoms with van der Waals surface area (Å²) in [6.45, 7) is 2.36. The van der Waals surface area contributed by atoms with Gasteiger partial charge in [-0.15, -0.1) is 0 Å². The van der Waals surface area contributed by atoms with Crippen molar-refractivity contribution < 1.29 is 4.52 Å². The van der Waals surface area contributed by atoms with Gasteiger partial charge < -0.3 is 9.84 Å². The van der Waals surface area contributed by atoms with Crippen molar-refractivity contribution in [2.45, 2.75) is 13.5 Å². The minimum atomic E-state index is 0.458. The van der Waals surface area contributed by atoms with Crippen LogP contribution in [0.25, 0.3) is 0 Å². The van der Waals surface area contributed by atoms with Crippen LogP contribution in [0.2, 0.25) is 0 Å². The standard InChI is InChI=1S/C8H9N5O/c1-6-2-3-9-8(12-6)10-4-7-11-5-14-13-7/h2-3,5H,4H2,1H3,(H,9,10,12). The molecule has 0 aromatic carbocycles. The van der Waals surface area contributed by atoms with Gasteiger partial charge in [0.25, 0.3) is 0 Å². The molecular weight excluding hydrogens is 182 g/mol. The molecule has 6 heteroatoms. The van der Waals surface area contributed by atoms with Crippen LogP contribution in [0.4, 0.5) is 5.95 Å². The second kappa shape index (κ2) is 3.82. The minimum absolute atomic E-state index is 0.458. The first-order valence-electron chi connectivity index (χ1n) is 4.13. The first-order chi connectivity index (χ1) is 6.84. The molecule has 0 saturated carbocycles. The Morgan fingerprint density at radius 3 is 3.07 bits per heavy atom. The number of rotatable bonds is 3. The molecule has 0 bridgehead atoms. The Hall–Kier alpha value is -1.98. The average Bonchev–Trinajstić information content (AvgIpc) is 2.67. The van der Waals surface area contributed by atoms with Gasteiger partial charge in [0.2, 0.25) is 12.3 Å². The summed E-state index contributed by atoms with van der Waals surface area (Å²) in [5.74, 6) is 1.14. The Labute approximate surface area is 80.4 Å². The number of hydrogen-bond donors (Lipinski definition) is 1. The van der Waals surface area contributed by atoms with Crippen molar-refractivity contribution in [1.82, 2.24) is 20.1 Å². The third kappa shape index (κ3) is 2.03. The van der Waals surface area contributed by atoms with Crippen molar-refractivity contribution in [3.05, 3.63) is 30.2 Å². The quantitative estimate of drug-likeness (QED) is 0.772. The summed E-state index contributed by atoms with van der Waals surface area (Å²) in [5, 5.41) is 6.63. The monoisotopic (exact) mass is 191 g/mol. The van der Waals surface area contributed by atoms with E-state index in [0.29, 0.717) is 18.3 Å². The van der Waals surface area contributed by atoms with E-state index in [9.17, 15) is 0 Å². The fraction of sp³-hybridized carbons (Fsp3) is 0.250. The zero-order chi connectivity index (χ0) is 9.80. The van der Waals surface area contributed by atoms with Crippen LogP contribution in [-0.2, 0) is 6.54 Å². The van der Waals surface area contributed by atoms with E-state index >= 15 is 0 Å². The molecule has 1 N–H and O–H groups in total.